The number of hydrogen-bond donors (Lipinski definition) is 1. The van der Waals surface area contributed by atoms with Gasteiger partial charge in [-0.2, -0.15) is 0 Å². The van der Waals surface area contributed by atoms with E-state index in [4.69, 9.17) is 5.14 Å². The van der Waals surface area contributed by atoms with Gasteiger partial charge in [-0.15, -0.1) is 10.2 Å². The molecule has 2 N–H and O–H groups in total. The Morgan fingerprint density at radius 2 is 1.86 bits per heavy atom. The number of nitrogens with two attached hydrogens (primary N) is 1. The highest BCUT2D eigenvalue weighted by atomic mass is 32.2. The molecule has 1 aliphatic heterocycles. The summed E-state index contributed by atoms with van der Waals surface area (Å²) in [5.74, 6) is 1.14. The second-order valence-corrected chi connectivity index (χ2v) is 6.98. The van der Waals surface area contributed by atoms with E-state index in [2.05, 4.69) is 39.4 Å². The van der Waals surface area contributed by atoms with E-state index in [1.165, 1.54) is 11.6 Å². The van der Waals surface area contributed by atoms with Crippen LogP contribution in [0.3, 0.4) is 0 Å². The number of primary sulfonamides is 1. The van der Waals surface area contributed by atoms with Crippen LogP contribution in [0.25, 0.3) is 0 Å². The third-order valence-corrected chi connectivity index (χ3v) is 4.73. The molecule has 7 heteroatoms. The minimum absolute atomic E-state index is 0.201. The Morgan fingerprint density at radius 1 is 1.09 bits per heavy atom. The molecule has 0 spiro atoms. The predicted octanol–water partition coefficient (Wildman–Crippen LogP) is 1.51. The Morgan fingerprint density at radius 3 is 2.50 bits per heavy atom. The summed E-state index contributed by atoms with van der Waals surface area (Å²) in [5, 5.41) is 12.6. The van der Waals surface area contributed by atoms with Gasteiger partial charge in [0.2, 0.25) is 0 Å². The van der Waals surface area contributed by atoms with Crippen molar-refractivity contribution in [2.24, 2.45) is 5.14 Å². The normalized spacial score (nSPS) is 19.1. The molecule has 0 aliphatic carbocycles. The largest absolute Gasteiger partial charge is 0.355 e. The zero-order valence-electron chi connectivity index (χ0n) is 12.1. The van der Waals surface area contributed by atoms with Gasteiger partial charge < -0.3 is 4.90 Å². The first kappa shape index (κ1) is 14.9. The number of sulfonamides is 1. The number of nitrogens with zero attached hydrogens (tertiary/aromatic N) is 3. The van der Waals surface area contributed by atoms with Gasteiger partial charge in [-0.3, -0.25) is 0 Å². The van der Waals surface area contributed by atoms with Crippen molar-refractivity contribution < 1.29 is 8.42 Å². The van der Waals surface area contributed by atoms with Crippen molar-refractivity contribution in [3.63, 3.8) is 0 Å². The minimum Gasteiger partial charge on any atom is -0.355 e. The second-order valence-electron chi connectivity index (χ2n) is 5.47. The van der Waals surface area contributed by atoms with Gasteiger partial charge in [-0.25, -0.2) is 13.6 Å². The molecular weight excluding hydrogens is 300 g/mol. The Balaban J connectivity index is 1.77. The first-order valence-corrected chi connectivity index (χ1v) is 8.75. The van der Waals surface area contributed by atoms with Crippen LogP contribution in [0.4, 0.5) is 5.82 Å². The lowest BCUT2D eigenvalue weighted by atomic mass is 9.91. The number of anilines is 1. The molecule has 1 aliphatic rings. The maximum atomic E-state index is 11.2. The third-order valence-electron chi connectivity index (χ3n) is 3.93. The molecule has 1 atom stereocenters. The molecule has 0 bridgehead atoms. The van der Waals surface area contributed by atoms with Gasteiger partial charge in [-0.05, 0) is 30.5 Å². The summed E-state index contributed by atoms with van der Waals surface area (Å²) in [6.45, 7) is 1.75. The SMILES string of the molecule is NS(=O)(=O)c1ccc(N2CCCC(c3ccccc3)C2)nn1. The van der Waals surface area contributed by atoms with Crippen LogP contribution in [0.5, 0.6) is 0 Å². The Kier molecular flexibility index (Phi) is 4.08. The summed E-state index contributed by atoms with van der Waals surface area (Å²) < 4.78 is 22.4. The van der Waals surface area contributed by atoms with Crippen LogP contribution in [-0.2, 0) is 10.0 Å². The maximum absolute atomic E-state index is 11.2. The Labute approximate surface area is 130 Å². The van der Waals surface area contributed by atoms with Gasteiger partial charge in [0.25, 0.3) is 10.0 Å². The lowest BCUT2D eigenvalue weighted by Gasteiger charge is -2.33. The van der Waals surface area contributed by atoms with E-state index in [1.807, 2.05) is 6.07 Å². The Hall–Kier alpha value is -1.99. The van der Waals surface area contributed by atoms with Gasteiger partial charge in [-0.1, -0.05) is 30.3 Å². The molecule has 1 fully saturated rings. The fourth-order valence-electron chi connectivity index (χ4n) is 2.82. The maximum Gasteiger partial charge on any atom is 0.257 e. The monoisotopic (exact) mass is 318 g/mol. The molecule has 22 heavy (non-hydrogen) atoms. The van der Waals surface area contributed by atoms with E-state index in [9.17, 15) is 8.42 Å². The molecule has 3 rings (SSSR count). The zero-order valence-corrected chi connectivity index (χ0v) is 12.9. The standard InChI is InChI=1S/C15H18N4O2S/c16-22(20,21)15-9-8-14(17-18-15)19-10-4-7-13(11-19)12-5-2-1-3-6-12/h1-3,5-6,8-9,13H,4,7,10-11H2,(H2,16,20,21). The topological polar surface area (TPSA) is 89.2 Å². The van der Waals surface area contributed by atoms with Crippen molar-refractivity contribution in [3.8, 4) is 0 Å². The van der Waals surface area contributed by atoms with Crippen molar-refractivity contribution in [2.45, 2.75) is 23.8 Å². The fraction of sp³-hybridized carbons (Fsp3) is 0.333. The minimum atomic E-state index is -3.80. The van der Waals surface area contributed by atoms with E-state index >= 15 is 0 Å². The van der Waals surface area contributed by atoms with Crippen molar-refractivity contribution in [1.29, 1.82) is 0 Å². The number of rotatable bonds is 3. The highest BCUT2D eigenvalue weighted by Crippen LogP contribution is 2.28. The third kappa shape index (κ3) is 3.26. The van der Waals surface area contributed by atoms with Crippen LogP contribution in [0.15, 0.2) is 47.5 Å². The van der Waals surface area contributed by atoms with E-state index in [0.717, 1.165) is 25.9 Å². The van der Waals surface area contributed by atoms with E-state index < -0.39 is 10.0 Å². The molecule has 6 nitrogen and oxygen atoms in total. The molecular formula is C15H18N4O2S. The number of benzene rings is 1. The first-order valence-electron chi connectivity index (χ1n) is 7.20. The average molecular weight is 318 g/mol. The quantitative estimate of drug-likeness (QED) is 0.926. The van der Waals surface area contributed by atoms with Gasteiger partial charge in [0, 0.05) is 19.0 Å². The number of hydrogen-bond acceptors (Lipinski definition) is 5. The van der Waals surface area contributed by atoms with E-state index in [0.29, 0.717) is 11.7 Å². The average Bonchev–Trinajstić information content (AvgIpc) is 2.55. The first-order chi connectivity index (χ1) is 10.5. The summed E-state index contributed by atoms with van der Waals surface area (Å²) in [7, 11) is -3.80. The zero-order chi connectivity index (χ0) is 15.6. The van der Waals surface area contributed by atoms with Crippen molar-refractivity contribution in [2.75, 3.05) is 18.0 Å². The lowest BCUT2D eigenvalue weighted by Crippen LogP contribution is -2.35. The molecule has 0 amide bonds. The van der Waals surface area contributed by atoms with E-state index in [1.54, 1.807) is 6.07 Å². The van der Waals surface area contributed by atoms with E-state index in [-0.39, 0.29) is 5.03 Å². The Bertz CT molecular complexity index is 732. The smallest absolute Gasteiger partial charge is 0.257 e. The van der Waals surface area contributed by atoms with Gasteiger partial charge in [0.05, 0.1) is 0 Å². The molecule has 1 unspecified atom stereocenters. The molecule has 0 saturated carbocycles. The van der Waals surface area contributed by atoms with Crippen molar-refractivity contribution >= 4 is 15.8 Å². The highest BCUT2D eigenvalue weighted by molar-refractivity contribution is 7.89. The predicted molar refractivity (Wildman–Crippen MR) is 84.0 cm³/mol. The highest BCUT2D eigenvalue weighted by Gasteiger charge is 2.22. The summed E-state index contributed by atoms with van der Waals surface area (Å²) in [6, 6.07) is 13.5. The lowest BCUT2D eigenvalue weighted by molar-refractivity contribution is 0.505. The van der Waals surface area contributed by atoms with Crippen molar-refractivity contribution in [3.05, 3.63) is 48.0 Å². The summed E-state index contributed by atoms with van der Waals surface area (Å²) in [5.41, 5.74) is 1.32. The van der Waals surface area contributed by atoms with Crippen LogP contribution in [-0.4, -0.2) is 31.7 Å². The number of aromatic nitrogens is 2. The molecule has 2 aromatic rings. The van der Waals surface area contributed by atoms with Crippen LogP contribution >= 0.6 is 0 Å². The fourth-order valence-corrected chi connectivity index (χ4v) is 3.23. The molecule has 1 aromatic heterocycles. The summed E-state index contributed by atoms with van der Waals surface area (Å²) in [6.07, 6.45) is 2.21. The molecule has 2 heterocycles. The van der Waals surface area contributed by atoms with Gasteiger partial charge in [0.15, 0.2) is 10.8 Å². The van der Waals surface area contributed by atoms with Crippen LogP contribution in [0.2, 0.25) is 0 Å². The van der Waals surface area contributed by atoms with Crippen LogP contribution in [0.1, 0.15) is 24.3 Å². The molecule has 116 valence electrons. The van der Waals surface area contributed by atoms with Gasteiger partial charge >= 0.3 is 0 Å². The van der Waals surface area contributed by atoms with Crippen LogP contribution < -0.4 is 10.0 Å². The molecule has 1 aromatic carbocycles. The molecule has 1 saturated heterocycles. The summed E-state index contributed by atoms with van der Waals surface area (Å²) >= 11 is 0. The summed E-state index contributed by atoms with van der Waals surface area (Å²) in [4.78, 5) is 2.14. The number of piperidine rings is 1. The van der Waals surface area contributed by atoms with Crippen LogP contribution in [0, 0.1) is 0 Å². The van der Waals surface area contributed by atoms with Crippen molar-refractivity contribution in [1.82, 2.24) is 10.2 Å². The van der Waals surface area contributed by atoms with Gasteiger partial charge in [0.1, 0.15) is 0 Å². The second kappa shape index (κ2) is 6.02. The molecule has 0 radical (unpaired) electrons.